The van der Waals surface area contributed by atoms with Crippen LogP contribution < -0.4 is 5.32 Å². The topological polar surface area (TPSA) is 71.4 Å². The summed E-state index contributed by atoms with van der Waals surface area (Å²) in [7, 11) is 0. The SMILES string of the molecule is CCn1c(C)cc(/C=C2\SC(=O)N(CC(=O)Nc3ccc(Cl)cc3)C2=O)c1C. The number of aromatic nitrogens is 1. The number of nitrogens with one attached hydrogen (secondary N) is 1. The van der Waals surface area contributed by atoms with E-state index in [0.29, 0.717) is 15.6 Å². The monoisotopic (exact) mass is 417 g/mol. The second-order valence-corrected chi connectivity index (χ2v) is 7.82. The highest BCUT2D eigenvalue weighted by Crippen LogP contribution is 2.33. The molecule has 0 radical (unpaired) electrons. The van der Waals surface area contributed by atoms with Crippen LogP contribution in [0.2, 0.25) is 5.02 Å². The fraction of sp³-hybridized carbons (Fsp3) is 0.250. The molecule has 1 aliphatic rings. The van der Waals surface area contributed by atoms with E-state index < -0.39 is 17.1 Å². The molecule has 3 amide bonds. The minimum Gasteiger partial charge on any atom is -0.349 e. The van der Waals surface area contributed by atoms with Crippen molar-refractivity contribution in [1.82, 2.24) is 9.47 Å². The van der Waals surface area contributed by atoms with Gasteiger partial charge in [0.25, 0.3) is 11.1 Å². The number of thioether (sulfide) groups is 1. The van der Waals surface area contributed by atoms with Crippen LogP contribution >= 0.6 is 23.4 Å². The van der Waals surface area contributed by atoms with Crippen LogP contribution in [0.15, 0.2) is 35.2 Å². The maximum absolute atomic E-state index is 12.6. The minimum absolute atomic E-state index is 0.320. The van der Waals surface area contributed by atoms with Crippen LogP contribution in [-0.4, -0.2) is 33.1 Å². The van der Waals surface area contributed by atoms with Crippen LogP contribution in [0.3, 0.4) is 0 Å². The summed E-state index contributed by atoms with van der Waals surface area (Å²) in [5, 5.41) is 2.75. The first kappa shape index (κ1) is 20.2. The standard InChI is InChI=1S/C20H20ClN3O3S/c1-4-23-12(2)9-14(13(23)3)10-17-19(26)24(20(27)28-17)11-18(25)22-16-7-5-15(21)6-8-16/h5-10H,4,11H2,1-3H3,(H,22,25)/b17-10-. The lowest BCUT2D eigenvalue weighted by Gasteiger charge is -2.12. The quantitative estimate of drug-likeness (QED) is 0.729. The Kier molecular flexibility index (Phi) is 5.96. The van der Waals surface area contributed by atoms with E-state index in [4.69, 9.17) is 11.6 Å². The van der Waals surface area contributed by atoms with Crippen LogP contribution in [-0.2, 0) is 16.1 Å². The number of rotatable bonds is 5. The molecule has 0 unspecified atom stereocenters. The first-order chi connectivity index (χ1) is 13.3. The first-order valence-electron chi connectivity index (χ1n) is 8.77. The second-order valence-electron chi connectivity index (χ2n) is 6.39. The van der Waals surface area contributed by atoms with Crippen LogP contribution in [0, 0.1) is 13.8 Å². The van der Waals surface area contributed by atoms with E-state index in [1.807, 2.05) is 19.9 Å². The van der Waals surface area contributed by atoms with E-state index in [9.17, 15) is 14.4 Å². The molecule has 1 fully saturated rings. The van der Waals surface area contributed by atoms with Crippen LogP contribution in [0.4, 0.5) is 10.5 Å². The zero-order chi connectivity index (χ0) is 20.4. The lowest BCUT2D eigenvalue weighted by Crippen LogP contribution is -2.36. The van der Waals surface area contributed by atoms with Crippen molar-refractivity contribution in [3.63, 3.8) is 0 Å². The normalized spacial score (nSPS) is 15.6. The molecule has 0 saturated carbocycles. The number of carbonyl (C=O) groups is 3. The van der Waals surface area contributed by atoms with Crippen molar-refractivity contribution in [2.45, 2.75) is 27.3 Å². The number of aryl methyl sites for hydroxylation is 1. The van der Waals surface area contributed by atoms with E-state index in [1.54, 1.807) is 30.3 Å². The van der Waals surface area contributed by atoms with E-state index >= 15 is 0 Å². The predicted molar refractivity (Wildman–Crippen MR) is 112 cm³/mol. The van der Waals surface area contributed by atoms with Crippen molar-refractivity contribution in [3.8, 4) is 0 Å². The zero-order valence-electron chi connectivity index (χ0n) is 15.8. The highest BCUT2D eigenvalue weighted by molar-refractivity contribution is 8.18. The Balaban J connectivity index is 1.73. The molecule has 2 aromatic rings. The van der Waals surface area contributed by atoms with Gasteiger partial charge in [-0.15, -0.1) is 0 Å². The summed E-state index contributed by atoms with van der Waals surface area (Å²) in [6.07, 6.45) is 1.72. The Labute approximate surface area is 172 Å². The van der Waals surface area contributed by atoms with Gasteiger partial charge >= 0.3 is 0 Å². The van der Waals surface area contributed by atoms with Crippen molar-refractivity contribution < 1.29 is 14.4 Å². The first-order valence-corrected chi connectivity index (χ1v) is 9.97. The molecule has 146 valence electrons. The van der Waals surface area contributed by atoms with Gasteiger partial charge in [0.2, 0.25) is 5.91 Å². The van der Waals surface area contributed by atoms with Crippen molar-refractivity contribution >= 4 is 52.2 Å². The molecule has 2 heterocycles. The fourth-order valence-corrected chi connectivity index (χ4v) is 4.07. The summed E-state index contributed by atoms with van der Waals surface area (Å²) in [4.78, 5) is 38.4. The third-order valence-electron chi connectivity index (χ3n) is 4.52. The van der Waals surface area contributed by atoms with Crippen molar-refractivity contribution in [2.24, 2.45) is 0 Å². The molecule has 1 aromatic carbocycles. The Hall–Kier alpha value is -2.51. The van der Waals surface area contributed by atoms with Gasteiger partial charge in [-0.25, -0.2) is 0 Å². The van der Waals surface area contributed by atoms with Crippen LogP contribution in [0.5, 0.6) is 0 Å². The number of benzene rings is 1. The Morgan fingerprint density at radius 2 is 1.89 bits per heavy atom. The largest absolute Gasteiger partial charge is 0.349 e. The molecule has 6 nitrogen and oxygen atoms in total. The van der Waals surface area contributed by atoms with Gasteiger partial charge in [-0.2, -0.15) is 0 Å². The number of carbonyl (C=O) groups excluding carboxylic acids is 3. The molecule has 1 aromatic heterocycles. The van der Waals surface area contributed by atoms with Gasteiger partial charge in [0, 0.05) is 28.6 Å². The lowest BCUT2D eigenvalue weighted by molar-refractivity contribution is -0.127. The Morgan fingerprint density at radius 1 is 1.21 bits per heavy atom. The van der Waals surface area contributed by atoms with Crippen molar-refractivity contribution in [2.75, 3.05) is 11.9 Å². The summed E-state index contributed by atoms with van der Waals surface area (Å²) in [5.41, 5.74) is 3.57. The Bertz CT molecular complexity index is 979. The molecule has 1 N–H and O–H groups in total. The maximum atomic E-state index is 12.6. The minimum atomic E-state index is -0.456. The highest BCUT2D eigenvalue weighted by Gasteiger charge is 2.36. The average molecular weight is 418 g/mol. The number of hydrogen-bond acceptors (Lipinski definition) is 4. The second kappa shape index (κ2) is 8.24. The van der Waals surface area contributed by atoms with E-state index in [0.717, 1.165) is 40.2 Å². The number of amides is 3. The molecule has 3 rings (SSSR count). The molecule has 0 spiro atoms. The third-order valence-corrected chi connectivity index (χ3v) is 5.68. The number of halogens is 1. The van der Waals surface area contributed by atoms with Crippen molar-refractivity contribution in [1.29, 1.82) is 0 Å². The van der Waals surface area contributed by atoms with Gasteiger partial charge in [-0.1, -0.05) is 11.6 Å². The molecular weight excluding hydrogens is 398 g/mol. The Morgan fingerprint density at radius 3 is 2.50 bits per heavy atom. The zero-order valence-corrected chi connectivity index (χ0v) is 17.4. The summed E-state index contributed by atoms with van der Waals surface area (Å²) in [5.74, 6) is -0.905. The molecule has 0 bridgehead atoms. The van der Waals surface area contributed by atoms with Gasteiger partial charge in [0.1, 0.15) is 6.54 Å². The van der Waals surface area contributed by atoms with Crippen LogP contribution in [0.1, 0.15) is 23.9 Å². The number of anilines is 1. The van der Waals surface area contributed by atoms with Gasteiger partial charge < -0.3 is 9.88 Å². The molecule has 0 aliphatic carbocycles. The summed E-state index contributed by atoms with van der Waals surface area (Å²) >= 11 is 6.67. The van der Waals surface area contributed by atoms with Gasteiger partial charge in [-0.3, -0.25) is 19.3 Å². The summed E-state index contributed by atoms with van der Waals surface area (Å²) < 4.78 is 2.13. The average Bonchev–Trinajstić information content (AvgIpc) is 3.06. The fourth-order valence-electron chi connectivity index (χ4n) is 3.12. The summed E-state index contributed by atoms with van der Waals surface area (Å²) in [6.45, 7) is 6.53. The van der Waals surface area contributed by atoms with E-state index in [2.05, 4.69) is 16.8 Å². The molecule has 1 aliphatic heterocycles. The van der Waals surface area contributed by atoms with Gasteiger partial charge in [0.05, 0.1) is 4.91 Å². The maximum Gasteiger partial charge on any atom is 0.294 e. The van der Waals surface area contributed by atoms with Crippen molar-refractivity contribution in [3.05, 3.63) is 57.2 Å². The van der Waals surface area contributed by atoms with Gasteiger partial charge in [0.15, 0.2) is 0 Å². The lowest BCUT2D eigenvalue weighted by atomic mass is 10.2. The van der Waals surface area contributed by atoms with Crippen LogP contribution in [0.25, 0.3) is 6.08 Å². The highest BCUT2D eigenvalue weighted by atomic mass is 35.5. The molecule has 1 saturated heterocycles. The number of nitrogens with zero attached hydrogens (tertiary/aromatic N) is 2. The predicted octanol–water partition coefficient (Wildman–Crippen LogP) is 4.45. The van der Waals surface area contributed by atoms with E-state index in [-0.39, 0.29) is 6.54 Å². The molecule has 0 atom stereocenters. The van der Waals surface area contributed by atoms with Gasteiger partial charge in [-0.05, 0) is 74.5 Å². The van der Waals surface area contributed by atoms with E-state index in [1.165, 1.54) is 0 Å². The summed E-state index contributed by atoms with van der Waals surface area (Å²) in [6, 6.07) is 8.58. The molecule has 8 heteroatoms. The smallest absolute Gasteiger partial charge is 0.294 e. The number of imide groups is 1. The molecule has 28 heavy (non-hydrogen) atoms. The number of hydrogen-bond donors (Lipinski definition) is 1. The molecular formula is C20H20ClN3O3S. The third kappa shape index (κ3) is 4.15.